The smallest absolute Gasteiger partial charge is 0.265 e. The van der Waals surface area contributed by atoms with Crippen molar-refractivity contribution in [3.8, 4) is 11.5 Å². The minimum atomic E-state index is -0.641. The van der Waals surface area contributed by atoms with E-state index in [-0.39, 0.29) is 5.91 Å². The van der Waals surface area contributed by atoms with Crippen molar-refractivity contribution in [1.29, 1.82) is 0 Å². The van der Waals surface area contributed by atoms with E-state index in [0.717, 1.165) is 15.2 Å². The number of hydrogen-bond acceptors (Lipinski definition) is 3. The minimum Gasteiger partial charge on any atom is -0.495 e. The number of nitrogens with one attached hydrogen (secondary N) is 1. The van der Waals surface area contributed by atoms with Crippen LogP contribution < -0.4 is 14.8 Å². The van der Waals surface area contributed by atoms with Gasteiger partial charge in [-0.2, -0.15) is 0 Å². The Kier molecular flexibility index (Phi) is 5.24. The maximum absolute atomic E-state index is 12.4. The minimum absolute atomic E-state index is 0.236. The molecule has 3 rings (SSSR count). The number of para-hydroxylation sites is 2. The average Bonchev–Trinajstić information content (AvgIpc) is 2.62. The Labute approximate surface area is 154 Å². The number of methoxy groups -OCH3 is 1. The number of hydrogen-bond donors (Lipinski definition) is 1. The largest absolute Gasteiger partial charge is 0.495 e. The molecule has 0 saturated carbocycles. The molecule has 0 aliphatic rings. The van der Waals surface area contributed by atoms with Gasteiger partial charge < -0.3 is 14.8 Å². The summed E-state index contributed by atoms with van der Waals surface area (Å²) in [5.74, 6) is 1.03. The first-order chi connectivity index (χ1) is 12.1. The first kappa shape index (κ1) is 17.3. The molecule has 1 atom stereocenters. The summed E-state index contributed by atoms with van der Waals surface area (Å²) in [5, 5.41) is 4.99. The first-order valence-corrected chi connectivity index (χ1v) is 8.66. The van der Waals surface area contributed by atoms with Gasteiger partial charge in [-0.3, -0.25) is 4.79 Å². The van der Waals surface area contributed by atoms with Crippen molar-refractivity contribution in [1.82, 2.24) is 0 Å². The maximum atomic E-state index is 12.4. The topological polar surface area (TPSA) is 47.6 Å². The summed E-state index contributed by atoms with van der Waals surface area (Å²) in [4.78, 5) is 12.4. The number of carbonyl (C=O) groups excluding carboxylic acids is 1. The molecular weight excluding hydrogens is 382 g/mol. The molecule has 0 bridgehead atoms. The van der Waals surface area contributed by atoms with Gasteiger partial charge in [-0.1, -0.05) is 40.2 Å². The molecule has 0 aromatic heterocycles. The third-order valence-electron chi connectivity index (χ3n) is 3.82. The van der Waals surface area contributed by atoms with Crippen molar-refractivity contribution in [2.45, 2.75) is 13.0 Å². The van der Waals surface area contributed by atoms with Crippen LogP contribution in [0.5, 0.6) is 11.5 Å². The van der Waals surface area contributed by atoms with Crippen molar-refractivity contribution in [2.75, 3.05) is 12.4 Å². The lowest BCUT2D eigenvalue weighted by Gasteiger charge is -2.16. The van der Waals surface area contributed by atoms with E-state index in [4.69, 9.17) is 9.47 Å². The van der Waals surface area contributed by atoms with Gasteiger partial charge in [-0.25, -0.2) is 0 Å². The second kappa shape index (κ2) is 7.57. The number of anilines is 1. The lowest BCUT2D eigenvalue weighted by Crippen LogP contribution is -2.30. The van der Waals surface area contributed by atoms with Crippen LogP contribution in [0, 0.1) is 0 Å². The molecule has 0 aliphatic carbocycles. The molecule has 5 heteroatoms. The highest BCUT2D eigenvalue weighted by molar-refractivity contribution is 9.10. The predicted molar refractivity (Wildman–Crippen MR) is 103 cm³/mol. The number of carbonyl (C=O) groups is 1. The monoisotopic (exact) mass is 399 g/mol. The number of halogens is 1. The molecule has 128 valence electrons. The summed E-state index contributed by atoms with van der Waals surface area (Å²) >= 11 is 3.46. The lowest BCUT2D eigenvalue weighted by molar-refractivity contribution is -0.122. The van der Waals surface area contributed by atoms with E-state index in [1.165, 1.54) is 0 Å². The Morgan fingerprint density at radius 1 is 1.04 bits per heavy atom. The van der Waals surface area contributed by atoms with E-state index in [9.17, 15) is 4.79 Å². The highest BCUT2D eigenvalue weighted by atomic mass is 79.9. The molecule has 3 aromatic rings. The second-order valence-electron chi connectivity index (χ2n) is 5.60. The number of ether oxygens (including phenoxy) is 2. The highest BCUT2D eigenvalue weighted by Gasteiger charge is 2.16. The summed E-state index contributed by atoms with van der Waals surface area (Å²) < 4.78 is 12.1. The zero-order valence-corrected chi connectivity index (χ0v) is 15.5. The van der Waals surface area contributed by atoms with E-state index in [0.29, 0.717) is 17.2 Å². The van der Waals surface area contributed by atoms with E-state index >= 15 is 0 Å². The SMILES string of the molecule is COc1ccccc1NC(=O)C(C)Oc1ccc2cc(Br)ccc2c1. The zero-order chi connectivity index (χ0) is 17.8. The van der Waals surface area contributed by atoms with Crippen molar-refractivity contribution >= 4 is 38.3 Å². The fourth-order valence-electron chi connectivity index (χ4n) is 2.51. The summed E-state index contributed by atoms with van der Waals surface area (Å²) in [6, 6.07) is 19.1. The Balaban J connectivity index is 1.72. The quantitative estimate of drug-likeness (QED) is 0.655. The van der Waals surface area contributed by atoms with Crippen LogP contribution in [0.2, 0.25) is 0 Å². The Bertz CT molecular complexity index is 910. The van der Waals surface area contributed by atoms with Gasteiger partial charge in [0.25, 0.3) is 5.91 Å². The van der Waals surface area contributed by atoms with Gasteiger partial charge in [-0.05, 0) is 54.1 Å². The molecule has 0 radical (unpaired) electrons. The van der Waals surface area contributed by atoms with Gasteiger partial charge in [0.05, 0.1) is 12.8 Å². The molecule has 0 aliphatic heterocycles. The Morgan fingerprint density at radius 3 is 2.56 bits per heavy atom. The van der Waals surface area contributed by atoms with E-state index in [1.54, 1.807) is 26.2 Å². The van der Waals surface area contributed by atoms with Crippen LogP contribution in [-0.4, -0.2) is 19.1 Å². The van der Waals surface area contributed by atoms with Gasteiger partial charge >= 0.3 is 0 Å². The fraction of sp³-hybridized carbons (Fsp3) is 0.150. The van der Waals surface area contributed by atoms with E-state index in [1.807, 2.05) is 48.5 Å². The van der Waals surface area contributed by atoms with Crippen LogP contribution >= 0.6 is 15.9 Å². The summed E-state index contributed by atoms with van der Waals surface area (Å²) in [6.45, 7) is 1.72. The van der Waals surface area contributed by atoms with Crippen molar-refractivity contribution in [2.24, 2.45) is 0 Å². The molecule has 0 spiro atoms. The van der Waals surface area contributed by atoms with Crippen LogP contribution in [0.15, 0.2) is 65.1 Å². The highest BCUT2D eigenvalue weighted by Crippen LogP contribution is 2.26. The fourth-order valence-corrected chi connectivity index (χ4v) is 2.89. The first-order valence-electron chi connectivity index (χ1n) is 7.86. The van der Waals surface area contributed by atoms with Gasteiger partial charge in [0.1, 0.15) is 11.5 Å². The normalized spacial score (nSPS) is 11.8. The Hall–Kier alpha value is -2.53. The number of amides is 1. The molecule has 25 heavy (non-hydrogen) atoms. The molecule has 1 amide bonds. The maximum Gasteiger partial charge on any atom is 0.265 e. The molecule has 1 unspecified atom stereocenters. The van der Waals surface area contributed by atoms with Gasteiger partial charge in [0.15, 0.2) is 6.10 Å². The Morgan fingerprint density at radius 2 is 1.76 bits per heavy atom. The number of benzene rings is 3. The number of fused-ring (bicyclic) bond motifs is 1. The van der Waals surface area contributed by atoms with Gasteiger partial charge in [0.2, 0.25) is 0 Å². The van der Waals surface area contributed by atoms with Crippen LogP contribution in [0.4, 0.5) is 5.69 Å². The zero-order valence-electron chi connectivity index (χ0n) is 14.0. The van der Waals surface area contributed by atoms with Gasteiger partial charge in [-0.15, -0.1) is 0 Å². The number of rotatable bonds is 5. The second-order valence-corrected chi connectivity index (χ2v) is 6.52. The van der Waals surface area contributed by atoms with Crippen LogP contribution in [0.3, 0.4) is 0 Å². The van der Waals surface area contributed by atoms with Crippen molar-refractivity contribution < 1.29 is 14.3 Å². The van der Waals surface area contributed by atoms with Crippen molar-refractivity contribution in [3.63, 3.8) is 0 Å². The summed E-state index contributed by atoms with van der Waals surface area (Å²) in [6.07, 6.45) is -0.641. The average molecular weight is 400 g/mol. The van der Waals surface area contributed by atoms with Crippen LogP contribution in [0.1, 0.15) is 6.92 Å². The summed E-state index contributed by atoms with van der Waals surface area (Å²) in [5.41, 5.74) is 0.619. The third kappa shape index (κ3) is 4.12. The summed E-state index contributed by atoms with van der Waals surface area (Å²) in [7, 11) is 1.57. The van der Waals surface area contributed by atoms with Crippen molar-refractivity contribution in [3.05, 3.63) is 65.1 Å². The molecule has 0 fully saturated rings. The van der Waals surface area contributed by atoms with Crippen LogP contribution in [-0.2, 0) is 4.79 Å². The van der Waals surface area contributed by atoms with E-state index < -0.39 is 6.10 Å². The third-order valence-corrected chi connectivity index (χ3v) is 4.31. The molecular formula is C20H18BrNO3. The lowest BCUT2D eigenvalue weighted by atomic mass is 10.1. The standard InChI is InChI=1S/C20H18BrNO3/c1-13(20(23)22-18-5-3-4-6-19(18)24-2)25-17-10-8-14-11-16(21)9-7-15(14)12-17/h3-13H,1-2H3,(H,22,23). The predicted octanol–water partition coefficient (Wildman–Crippen LogP) is 5.02. The molecule has 3 aromatic carbocycles. The van der Waals surface area contributed by atoms with E-state index in [2.05, 4.69) is 21.2 Å². The van der Waals surface area contributed by atoms with Gasteiger partial charge in [0, 0.05) is 4.47 Å². The molecule has 4 nitrogen and oxygen atoms in total. The molecule has 0 saturated heterocycles. The van der Waals surface area contributed by atoms with Crippen LogP contribution in [0.25, 0.3) is 10.8 Å². The molecule has 1 N–H and O–H groups in total. The molecule has 0 heterocycles.